The lowest BCUT2D eigenvalue weighted by Gasteiger charge is -2.13. The molecule has 3 aromatic heterocycles. The molecule has 0 atom stereocenters. The van der Waals surface area contributed by atoms with Crippen LogP contribution in [-0.2, 0) is 12.3 Å². The van der Waals surface area contributed by atoms with Crippen molar-refractivity contribution < 1.29 is 0 Å². The molecular weight excluding hydrogens is 518 g/mol. The van der Waals surface area contributed by atoms with Crippen LogP contribution in [0.4, 0.5) is 0 Å². The van der Waals surface area contributed by atoms with E-state index < -0.39 is 0 Å². The first-order valence-electron chi connectivity index (χ1n) is 13.5. The Morgan fingerprint density at radius 2 is 1.62 bits per heavy atom. The Balaban J connectivity index is 1.44. The summed E-state index contributed by atoms with van der Waals surface area (Å²) in [6, 6.07) is 24.2. The Labute approximate surface area is 236 Å². The number of thioether (sulfide) groups is 1. The van der Waals surface area contributed by atoms with Crippen molar-refractivity contribution in [2.75, 3.05) is 0 Å². The number of rotatable bonds is 8. The molecule has 3 aromatic carbocycles. The summed E-state index contributed by atoms with van der Waals surface area (Å²) < 4.78 is 5.87. The zero-order valence-corrected chi connectivity index (χ0v) is 23.9. The molecule has 6 rings (SSSR count). The van der Waals surface area contributed by atoms with Crippen molar-refractivity contribution in [1.82, 2.24) is 33.9 Å². The molecule has 9 heteroatoms. The topological polar surface area (TPSA) is 82.9 Å². The summed E-state index contributed by atoms with van der Waals surface area (Å²) >= 11 is 1.56. The lowest BCUT2D eigenvalue weighted by molar-refractivity contribution is 0.512. The Hall–Kier alpha value is -4.24. The van der Waals surface area contributed by atoms with Crippen LogP contribution in [0.25, 0.3) is 33.8 Å². The summed E-state index contributed by atoms with van der Waals surface area (Å²) in [5.41, 5.74) is 5.22. The van der Waals surface area contributed by atoms with Crippen LogP contribution < -0.4 is 5.56 Å². The zero-order valence-electron chi connectivity index (χ0n) is 23.1. The summed E-state index contributed by atoms with van der Waals surface area (Å²) in [6.45, 7) is 9.14. The number of para-hydroxylation sites is 1. The van der Waals surface area contributed by atoms with Crippen molar-refractivity contribution in [3.8, 4) is 17.1 Å². The molecule has 0 amide bonds. The zero-order chi connectivity index (χ0) is 27.8. The monoisotopic (exact) mass is 549 g/mol. The van der Waals surface area contributed by atoms with Crippen molar-refractivity contribution in [3.63, 3.8) is 0 Å². The van der Waals surface area contributed by atoms with Gasteiger partial charge in [0, 0.05) is 12.1 Å². The standard InChI is InChI=1S/C31H31N7OS/c1-20(2)16-17-36-29(39)25-12-8-9-13-26(25)38-27(32-34-30(36)38)19-40-31-35-33-28(23-10-6-5-7-11-23)37(31)24-15-14-21(3)22(4)18-24/h5-15,18,20H,16-17,19H2,1-4H3. The van der Waals surface area contributed by atoms with E-state index >= 15 is 0 Å². The largest absolute Gasteiger partial charge is 0.276 e. The molecular formula is C31H31N7OS. The summed E-state index contributed by atoms with van der Waals surface area (Å²) in [7, 11) is 0. The smallest absolute Gasteiger partial charge is 0.262 e. The van der Waals surface area contributed by atoms with E-state index in [-0.39, 0.29) is 5.56 Å². The van der Waals surface area contributed by atoms with Crippen LogP contribution in [0.15, 0.2) is 82.7 Å². The number of aryl methyl sites for hydroxylation is 3. The van der Waals surface area contributed by atoms with Crippen LogP contribution in [0, 0.1) is 19.8 Å². The van der Waals surface area contributed by atoms with Crippen LogP contribution in [0.2, 0.25) is 0 Å². The number of aromatic nitrogens is 7. The van der Waals surface area contributed by atoms with E-state index in [0.29, 0.717) is 29.4 Å². The Morgan fingerprint density at radius 3 is 2.40 bits per heavy atom. The van der Waals surface area contributed by atoms with Gasteiger partial charge in [0.05, 0.1) is 22.3 Å². The highest BCUT2D eigenvalue weighted by molar-refractivity contribution is 7.98. The fourth-order valence-electron chi connectivity index (χ4n) is 4.86. The number of hydrogen-bond acceptors (Lipinski definition) is 6. The highest BCUT2D eigenvalue weighted by atomic mass is 32.2. The van der Waals surface area contributed by atoms with Gasteiger partial charge >= 0.3 is 0 Å². The maximum Gasteiger partial charge on any atom is 0.262 e. The van der Waals surface area contributed by atoms with Crippen LogP contribution in [-0.4, -0.2) is 33.9 Å². The Kier molecular flexibility index (Phi) is 6.98. The van der Waals surface area contributed by atoms with Gasteiger partial charge in [-0.25, -0.2) is 0 Å². The molecule has 0 fully saturated rings. The van der Waals surface area contributed by atoms with Crippen LogP contribution in [0.3, 0.4) is 0 Å². The van der Waals surface area contributed by atoms with Crippen molar-refractivity contribution in [2.45, 2.75) is 51.6 Å². The van der Waals surface area contributed by atoms with Crippen LogP contribution in [0.1, 0.15) is 37.2 Å². The fraction of sp³-hybridized carbons (Fsp3) is 0.258. The molecule has 0 aliphatic carbocycles. The van der Waals surface area contributed by atoms with E-state index in [1.807, 2.05) is 59.0 Å². The van der Waals surface area contributed by atoms with Gasteiger partial charge in [0.25, 0.3) is 5.56 Å². The second kappa shape index (κ2) is 10.7. The SMILES string of the molecule is Cc1ccc(-n2c(SCc3nnc4n(CCC(C)C)c(=O)c5ccccc5n34)nnc2-c2ccccc2)cc1C. The third kappa shape index (κ3) is 4.70. The quantitative estimate of drug-likeness (QED) is 0.209. The van der Waals surface area contributed by atoms with Gasteiger partial charge in [-0.1, -0.05) is 74.1 Å². The first kappa shape index (κ1) is 26.0. The molecule has 0 saturated carbocycles. The first-order valence-corrected chi connectivity index (χ1v) is 14.5. The Morgan fingerprint density at radius 1 is 0.850 bits per heavy atom. The van der Waals surface area contributed by atoms with Gasteiger partial charge in [-0.15, -0.1) is 20.4 Å². The number of fused-ring (bicyclic) bond motifs is 3. The molecule has 0 saturated heterocycles. The van der Waals surface area contributed by atoms with Gasteiger partial charge < -0.3 is 0 Å². The van der Waals surface area contributed by atoms with Gasteiger partial charge in [-0.3, -0.25) is 18.3 Å². The minimum Gasteiger partial charge on any atom is -0.276 e. The summed E-state index contributed by atoms with van der Waals surface area (Å²) in [4.78, 5) is 13.4. The van der Waals surface area contributed by atoms with E-state index in [9.17, 15) is 4.79 Å². The van der Waals surface area contributed by atoms with E-state index in [1.54, 1.807) is 16.3 Å². The molecule has 0 bridgehead atoms. The third-order valence-corrected chi connectivity index (χ3v) is 8.17. The maximum atomic E-state index is 13.4. The molecule has 0 radical (unpaired) electrons. The number of hydrogen-bond donors (Lipinski definition) is 0. The van der Waals surface area contributed by atoms with Crippen LogP contribution >= 0.6 is 11.8 Å². The van der Waals surface area contributed by atoms with E-state index in [2.05, 4.69) is 70.9 Å². The van der Waals surface area contributed by atoms with Gasteiger partial charge in [0.2, 0.25) is 5.78 Å². The summed E-state index contributed by atoms with van der Waals surface area (Å²) in [5.74, 6) is 3.08. The third-order valence-electron chi connectivity index (χ3n) is 7.25. The molecule has 40 heavy (non-hydrogen) atoms. The van der Waals surface area contributed by atoms with Gasteiger partial charge in [0.1, 0.15) is 5.82 Å². The molecule has 0 aliphatic heterocycles. The lowest BCUT2D eigenvalue weighted by Crippen LogP contribution is -2.24. The molecule has 3 heterocycles. The van der Waals surface area contributed by atoms with Crippen LogP contribution in [0.5, 0.6) is 0 Å². The molecule has 0 spiro atoms. The summed E-state index contributed by atoms with van der Waals surface area (Å²) in [6.07, 6.45) is 0.881. The first-order chi connectivity index (χ1) is 19.4. The highest BCUT2D eigenvalue weighted by Gasteiger charge is 2.20. The highest BCUT2D eigenvalue weighted by Crippen LogP contribution is 2.31. The van der Waals surface area contributed by atoms with E-state index in [1.165, 1.54) is 11.1 Å². The van der Waals surface area contributed by atoms with Gasteiger partial charge in [-0.2, -0.15) is 0 Å². The molecule has 0 aliphatic rings. The molecule has 8 nitrogen and oxygen atoms in total. The molecule has 202 valence electrons. The minimum absolute atomic E-state index is 0.0302. The van der Waals surface area contributed by atoms with E-state index in [0.717, 1.165) is 40.0 Å². The minimum atomic E-state index is -0.0302. The molecule has 0 unspecified atom stereocenters. The van der Waals surface area contributed by atoms with Crippen molar-refractivity contribution in [1.29, 1.82) is 0 Å². The molecule has 0 N–H and O–H groups in total. The predicted octanol–water partition coefficient (Wildman–Crippen LogP) is 6.25. The van der Waals surface area contributed by atoms with Crippen molar-refractivity contribution >= 4 is 28.4 Å². The normalized spacial score (nSPS) is 11.7. The van der Waals surface area contributed by atoms with Crippen molar-refractivity contribution in [3.05, 3.63) is 100 Å². The fourth-order valence-corrected chi connectivity index (χ4v) is 5.73. The van der Waals surface area contributed by atoms with Gasteiger partial charge in [0.15, 0.2) is 11.0 Å². The number of nitrogens with zero attached hydrogens (tertiary/aromatic N) is 7. The second-order valence-corrected chi connectivity index (χ2v) is 11.4. The maximum absolute atomic E-state index is 13.4. The lowest BCUT2D eigenvalue weighted by atomic mass is 10.1. The van der Waals surface area contributed by atoms with E-state index in [4.69, 9.17) is 0 Å². The average molecular weight is 550 g/mol. The second-order valence-electron chi connectivity index (χ2n) is 10.5. The van der Waals surface area contributed by atoms with Crippen molar-refractivity contribution in [2.24, 2.45) is 5.92 Å². The summed E-state index contributed by atoms with van der Waals surface area (Å²) in [5, 5.41) is 19.7. The molecule has 6 aromatic rings. The number of benzene rings is 3. The van der Waals surface area contributed by atoms with Gasteiger partial charge in [-0.05, 0) is 61.6 Å². The Bertz CT molecular complexity index is 1890. The average Bonchev–Trinajstić information content (AvgIpc) is 3.58. The predicted molar refractivity (Wildman–Crippen MR) is 160 cm³/mol.